The maximum Gasteiger partial charge on any atom is 0.282 e. The first-order chi connectivity index (χ1) is 10.1. The van der Waals surface area contributed by atoms with Gasteiger partial charge in [-0.15, -0.1) is 11.3 Å². The maximum atomic E-state index is 12.3. The van der Waals surface area contributed by atoms with Gasteiger partial charge < -0.3 is 0 Å². The van der Waals surface area contributed by atoms with Crippen LogP contribution >= 0.6 is 34.5 Å². The van der Waals surface area contributed by atoms with Crippen LogP contribution in [0.1, 0.15) is 11.4 Å². The molecule has 3 rings (SSSR count). The van der Waals surface area contributed by atoms with Gasteiger partial charge in [0.2, 0.25) is 0 Å². The minimum Gasteiger partial charge on any atom is -0.267 e. The smallest absolute Gasteiger partial charge is 0.267 e. The van der Waals surface area contributed by atoms with Crippen molar-refractivity contribution in [3.8, 4) is 0 Å². The molecule has 0 N–H and O–H groups in total. The van der Waals surface area contributed by atoms with E-state index < -0.39 is 0 Å². The van der Waals surface area contributed by atoms with Crippen molar-refractivity contribution in [1.82, 2.24) is 9.66 Å². The van der Waals surface area contributed by atoms with Gasteiger partial charge in [-0.25, -0.2) is 4.98 Å². The Morgan fingerprint density at radius 3 is 2.86 bits per heavy atom. The molecule has 0 aliphatic carbocycles. The molecule has 2 aromatic heterocycles. The number of aromatic nitrogens is 2. The molecule has 0 spiro atoms. The summed E-state index contributed by atoms with van der Waals surface area (Å²) in [5.74, 6) is 0.534. The Balaban J connectivity index is 2.06. The molecule has 0 atom stereocenters. The molecule has 0 saturated heterocycles. The van der Waals surface area contributed by atoms with Crippen LogP contribution in [0.25, 0.3) is 10.2 Å². The van der Waals surface area contributed by atoms with Gasteiger partial charge in [0.15, 0.2) is 0 Å². The van der Waals surface area contributed by atoms with Gasteiger partial charge in [0.25, 0.3) is 5.56 Å². The first-order valence-corrected chi connectivity index (χ1v) is 7.66. The minimum atomic E-state index is -0.185. The van der Waals surface area contributed by atoms with Crippen LogP contribution < -0.4 is 5.56 Å². The number of fused-ring (bicyclic) bond motifs is 1. The van der Waals surface area contributed by atoms with E-state index in [0.29, 0.717) is 21.3 Å². The quantitative estimate of drug-likeness (QED) is 0.664. The molecule has 0 amide bonds. The first-order valence-electron chi connectivity index (χ1n) is 6.02. The lowest BCUT2D eigenvalue weighted by atomic mass is 10.2. The number of hydrogen-bond acceptors (Lipinski definition) is 4. The van der Waals surface area contributed by atoms with Crippen molar-refractivity contribution in [3.05, 3.63) is 61.4 Å². The minimum absolute atomic E-state index is 0.185. The van der Waals surface area contributed by atoms with Crippen molar-refractivity contribution < 1.29 is 0 Å². The van der Waals surface area contributed by atoms with E-state index in [1.165, 1.54) is 16.0 Å². The third-order valence-corrected chi connectivity index (χ3v) is 4.45. The average Bonchev–Trinajstić information content (AvgIpc) is 2.90. The first kappa shape index (κ1) is 14.3. The third-order valence-electron chi connectivity index (χ3n) is 2.90. The van der Waals surface area contributed by atoms with Gasteiger partial charge in [0.1, 0.15) is 10.7 Å². The largest absolute Gasteiger partial charge is 0.282 e. The molecule has 0 bridgehead atoms. The fraction of sp³-hybridized carbons (Fsp3) is 0.0714. The molecule has 7 heteroatoms. The third kappa shape index (κ3) is 2.72. The highest BCUT2D eigenvalue weighted by molar-refractivity contribution is 7.16. The molecule has 2 heterocycles. The van der Waals surface area contributed by atoms with Crippen LogP contribution in [-0.4, -0.2) is 15.9 Å². The van der Waals surface area contributed by atoms with Gasteiger partial charge >= 0.3 is 0 Å². The zero-order valence-electron chi connectivity index (χ0n) is 10.9. The fourth-order valence-corrected chi connectivity index (χ4v) is 2.97. The van der Waals surface area contributed by atoms with E-state index in [2.05, 4.69) is 10.1 Å². The average molecular weight is 338 g/mol. The highest BCUT2D eigenvalue weighted by Crippen LogP contribution is 2.21. The standard InChI is InChI=1S/C14H9Cl2N3OS/c1-8-18-13-10(4-5-21-13)14(20)19(8)17-7-9-2-3-11(15)12(16)6-9/h2-7H,1H3/b17-7-. The summed E-state index contributed by atoms with van der Waals surface area (Å²) in [7, 11) is 0. The van der Waals surface area contributed by atoms with Crippen LogP contribution in [0.4, 0.5) is 0 Å². The summed E-state index contributed by atoms with van der Waals surface area (Å²) in [5, 5.41) is 7.52. The zero-order chi connectivity index (χ0) is 15.0. The number of hydrogen-bond donors (Lipinski definition) is 0. The van der Waals surface area contributed by atoms with Gasteiger partial charge in [0, 0.05) is 0 Å². The van der Waals surface area contributed by atoms with Gasteiger partial charge in [-0.1, -0.05) is 29.3 Å². The number of aryl methyl sites for hydroxylation is 1. The summed E-state index contributed by atoms with van der Waals surface area (Å²) in [6.45, 7) is 1.74. The van der Waals surface area contributed by atoms with E-state index >= 15 is 0 Å². The monoisotopic (exact) mass is 337 g/mol. The predicted molar refractivity (Wildman–Crippen MR) is 88.1 cm³/mol. The molecule has 0 aliphatic heterocycles. The lowest BCUT2D eigenvalue weighted by Gasteiger charge is -2.03. The van der Waals surface area contributed by atoms with Crippen molar-refractivity contribution in [2.24, 2.45) is 5.10 Å². The van der Waals surface area contributed by atoms with Crippen LogP contribution in [-0.2, 0) is 0 Å². The summed E-state index contributed by atoms with van der Waals surface area (Å²) in [6.07, 6.45) is 1.55. The molecule has 1 aromatic carbocycles. The second-order valence-corrected chi connectivity index (χ2v) is 6.04. The maximum absolute atomic E-state index is 12.3. The van der Waals surface area contributed by atoms with E-state index in [1.54, 1.807) is 37.4 Å². The van der Waals surface area contributed by atoms with Crippen molar-refractivity contribution in [2.45, 2.75) is 6.92 Å². The van der Waals surface area contributed by atoms with Crippen LogP contribution in [0.2, 0.25) is 10.0 Å². The normalized spacial score (nSPS) is 11.6. The summed E-state index contributed by atoms with van der Waals surface area (Å²) in [4.78, 5) is 17.4. The van der Waals surface area contributed by atoms with Gasteiger partial charge in [-0.2, -0.15) is 9.78 Å². The lowest BCUT2D eigenvalue weighted by molar-refractivity contribution is 0.772. The molecular weight excluding hydrogens is 329 g/mol. The van der Waals surface area contributed by atoms with E-state index in [4.69, 9.17) is 23.2 Å². The Hall–Kier alpha value is -1.69. The number of benzene rings is 1. The summed E-state index contributed by atoms with van der Waals surface area (Å²) in [5.41, 5.74) is 0.566. The van der Waals surface area contributed by atoms with Gasteiger partial charge in [0.05, 0.1) is 21.6 Å². The van der Waals surface area contributed by atoms with Gasteiger partial charge in [-0.05, 0) is 36.1 Å². The van der Waals surface area contributed by atoms with Crippen molar-refractivity contribution in [2.75, 3.05) is 0 Å². The fourth-order valence-electron chi connectivity index (χ4n) is 1.86. The molecule has 0 aliphatic rings. The number of halogens is 2. The van der Waals surface area contributed by atoms with Crippen LogP contribution in [0.15, 0.2) is 39.5 Å². The van der Waals surface area contributed by atoms with E-state index in [1.807, 2.05) is 5.38 Å². The van der Waals surface area contributed by atoms with Crippen LogP contribution in [0, 0.1) is 6.92 Å². The molecule has 4 nitrogen and oxygen atoms in total. The Labute approximate surface area is 134 Å². The molecule has 0 radical (unpaired) electrons. The number of nitrogens with zero attached hydrogens (tertiary/aromatic N) is 3. The SMILES string of the molecule is Cc1nc2sccc2c(=O)n1/N=C\c1ccc(Cl)c(Cl)c1. The summed E-state index contributed by atoms with van der Waals surface area (Å²) in [6, 6.07) is 6.89. The molecule has 106 valence electrons. The Morgan fingerprint density at radius 2 is 2.10 bits per heavy atom. The summed E-state index contributed by atoms with van der Waals surface area (Å²) < 4.78 is 1.28. The second-order valence-electron chi connectivity index (χ2n) is 4.33. The van der Waals surface area contributed by atoms with Gasteiger partial charge in [-0.3, -0.25) is 4.79 Å². The Morgan fingerprint density at radius 1 is 1.29 bits per heavy atom. The van der Waals surface area contributed by atoms with E-state index in [9.17, 15) is 4.79 Å². The number of rotatable bonds is 2. The van der Waals surface area contributed by atoms with Crippen molar-refractivity contribution >= 4 is 51.0 Å². The molecule has 3 aromatic rings. The van der Waals surface area contributed by atoms with Crippen molar-refractivity contribution in [1.29, 1.82) is 0 Å². The Kier molecular flexibility index (Phi) is 3.80. The predicted octanol–water partition coefficient (Wildman–Crippen LogP) is 3.96. The molecule has 0 saturated carbocycles. The molecule has 21 heavy (non-hydrogen) atoms. The number of thiophene rings is 1. The topological polar surface area (TPSA) is 47.2 Å². The Bertz CT molecular complexity index is 914. The summed E-state index contributed by atoms with van der Waals surface area (Å²) >= 11 is 13.2. The highest BCUT2D eigenvalue weighted by Gasteiger charge is 2.07. The zero-order valence-corrected chi connectivity index (χ0v) is 13.2. The van der Waals surface area contributed by atoms with Crippen LogP contribution in [0.3, 0.4) is 0 Å². The van der Waals surface area contributed by atoms with Crippen LogP contribution in [0.5, 0.6) is 0 Å². The molecular formula is C14H9Cl2N3OS. The molecule has 0 fully saturated rings. The van der Waals surface area contributed by atoms with Crippen molar-refractivity contribution in [3.63, 3.8) is 0 Å². The second kappa shape index (κ2) is 5.60. The van der Waals surface area contributed by atoms with E-state index in [0.717, 1.165) is 10.4 Å². The van der Waals surface area contributed by atoms with E-state index in [-0.39, 0.29) is 5.56 Å². The molecule has 0 unspecified atom stereocenters. The highest BCUT2D eigenvalue weighted by atomic mass is 35.5. The lowest BCUT2D eigenvalue weighted by Crippen LogP contribution is -2.19.